The average molecular weight is 235 g/mol. The second-order valence-electron chi connectivity index (χ2n) is 5.04. The summed E-state index contributed by atoms with van der Waals surface area (Å²) in [5, 5.41) is 18.4. The Morgan fingerprint density at radius 2 is 1.71 bits per heavy atom. The van der Waals surface area contributed by atoms with Gasteiger partial charge < -0.3 is 15.9 Å². The van der Waals surface area contributed by atoms with Crippen LogP contribution in [0, 0.1) is 0 Å². The zero-order valence-electron chi connectivity index (χ0n) is 10.1. The Balaban J connectivity index is 2.16. The van der Waals surface area contributed by atoms with Crippen LogP contribution >= 0.6 is 0 Å². The van der Waals surface area contributed by atoms with Crippen LogP contribution in [0.25, 0.3) is 0 Å². The van der Waals surface area contributed by atoms with E-state index in [4.69, 9.17) is 10.8 Å². The second kappa shape index (κ2) is 5.17. The maximum atomic E-state index is 9.51. The van der Waals surface area contributed by atoms with Crippen LogP contribution in [0.3, 0.4) is 0 Å². The predicted octanol–water partition coefficient (Wildman–Crippen LogP) is 1.83. The third kappa shape index (κ3) is 2.68. The van der Waals surface area contributed by atoms with Crippen molar-refractivity contribution < 1.29 is 10.2 Å². The molecule has 1 saturated carbocycles. The molecule has 0 heterocycles. The van der Waals surface area contributed by atoms with Crippen molar-refractivity contribution in [3.8, 4) is 0 Å². The van der Waals surface area contributed by atoms with Crippen LogP contribution in [0.1, 0.15) is 49.3 Å². The van der Waals surface area contributed by atoms with E-state index in [1.165, 1.54) is 19.3 Å². The Bertz CT molecular complexity index is 355. The molecule has 1 aliphatic rings. The van der Waals surface area contributed by atoms with Crippen LogP contribution in [0.5, 0.6) is 0 Å². The van der Waals surface area contributed by atoms with Gasteiger partial charge in [-0.25, -0.2) is 0 Å². The van der Waals surface area contributed by atoms with Crippen LogP contribution in [0.2, 0.25) is 0 Å². The molecular formula is C14H21NO2. The third-order valence-corrected chi connectivity index (χ3v) is 3.79. The number of aliphatic hydroxyl groups is 2. The highest BCUT2D eigenvalue weighted by Gasteiger charge is 2.29. The highest BCUT2D eigenvalue weighted by atomic mass is 16.3. The lowest BCUT2D eigenvalue weighted by Gasteiger charge is -2.34. The minimum atomic E-state index is -0.788. The zero-order chi connectivity index (χ0) is 12.3. The zero-order valence-corrected chi connectivity index (χ0v) is 10.1. The van der Waals surface area contributed by atoms with Gasteiger partial charge in [-0.1, -0.05) is 43.5 Å². The van der Waals surface area contributed by atoms with E-state index in [2.05, 4.69) is 0 Å². The number of benzene rings is 1. The lowest BCUT2D eigenvalue weighted by Crippen LogP contribution is -2.38. The molecule has 1 fully saturated rings. The van der Waals surface area contributed by atoms with Gasteiger partial charge in [-0.3, -0.25) is 0 Å². The highest BCUT2D eigenvalue weighted by Crippen LogP contribution is 2.34. The van der Waals surface area contributed by atoms with Gasteiger partial charge in [0.15, 0.2) is 0 Å². The fourth-order valence-corrected chi connectivity index (χ4v) is 2.61. The summed E-state index contributed by atoms with van der Waals surface area (Å²) in [6.07, 6.45) is 4.95. The Hall–Kier alpha value is -0.900. The molecular weight excluding hydrogens is 214 g/mol. The summed E-state index contributed by atoms with van der Waals surface area (Å²) < 4.78 is 0. The van der Waals surface area contributed by atoms with Crippen LogP contribution in [-0.4, -0.2) is 16.8 Å². The summed E-state index contributed by atoms with van der Waals surface area (Å²) in [4.78, 5) is 0. The molecule has 0 spiro atoms. The van der Waals surface area contributed by atoms with E-state index in [0.717, 1.165) is 24.0 Å². The molecule has 0 aliphatic heterocycles. The Morgan fingerprint density at radius 1 is 1.12 bits per heavy atom. The molecule has 0 aromatic heterocycles. The molecule has 0 radical (unpaired) electrons. The van der Waals surface area contributed by atoms with Crippen molar-refractivity contribution in [2.24, 2.45) is 5.73 Å². The molecule has 0 bridgehead atoms. The van der Waals surface area contributed by atoms with Crippen molar-refractivity contribution in [1.82, 2.24) is 0 Å². The van der Waals surface area contributed by atoms with Crippen molar-refractivity contribution in [2.75, 3.05) is 6.61 Å². The summed E-state index contributed by atoms with van der Waals surface area (Å²) in [7, 11) is 0. The number of hydrogen-bond acceptors (Lipinski definition) is 3. The number of nitrogens with two attached hydrogens (primary N) is 1. The fourth-order valence-electron chi connectivity index (χ4n) is 2.61. The third-order valence-electron chi connectivity index (χ3n) is 3.79. The predicted molar refractivity (Wildman–Crippen MR) is 67.4 cm³/mol. The normalized spacial score (nSPS) is 21.1. The molecule has 1 aromatic rings. The summed E-state index contributed by atoms with van der Waals surface area (Å²) in [5.74, 6) is 0. The number of aliphatic hydroxyl groups excluding tert-OH is 2. The summed E-state index contributed by atoms with van der Waals surface area (Å²) in [5.41, 5.74) is 8.12. The summed E-state index contributed by atoms with van der Waals surface area (Å²) in [6.45, 7) is -0.243. The Morgan fingerprint density at radius 3 is 2.24 bits per heavy atom. The maximum Gasteiger partial charge on any atom is 0.102 e. The lowest BCUT2D eigenvalue weighted by atomic mass is 9.77. The van der Waals surface area contributed by atoms with E-state index in [0.29, 0.717) is 0 Å². The number of hydrogen-bond donors (Lipinski definition) is 3. The van der Waals surface area contributed by atoms with Crippen molar-refractivity contribution >= 4 is 0 Å². The van der Waals surface area contributed by atoms with Gasteiger partial charge >= 0.3 is 0 Å². The van der Waals surface area contributed by atoms with Crippen molar-refractivity contribution in [2.45, 2.75) is 43.7 Å². The van der Waals surface area contributed by atoms with Gasteiger partial charge in [0.25, 0.3) is 0 Å². The summed E-state index contributed by atoms with van der Waals surface area (Å²) >= 11 is 0. The molecule has 3 heteroatoms. The minimum absolute atomic E-state index is 0.194. The molecule has 17 heavy (non-hydrogen) atoms. The van der Waals surface area contributed by atoms with Gasteiger partial charge in [0.2, 0.25) is 0 Å². The first-order valence-electron chi connectivity index (χ1n) is 6.34. The van der Waals surface area contributed by atoms with E-state index < -0.39 is 6.10 Å². The molecule has 4 N–H and O–H groups in total. The van der Waals surface area contributed by atoms with Crippen LogP contribution in [0.15, 0.2) is 24.3 Å². The van der Waals surface area contributed by atoms with Gasteiger partial charge in [0.1, 0.15) is 6.10 Å². The van der Waals surface area contributed by atoms with Crippen LogP contribution in [-0.2, 0) is 5.54 Å². The van der Waals surface area contributed by atoms with Crippen molar-refractivity contribution in [3.63, 3.8) is 0 Å². The second-order valence-corrected chi connectivity index (χ2v) is 5.04. The van der Waals surface area contributed by atoms with Crippen molar-refractivity contribution in [3.05, 3.63) is 35.4 Å². The molecule has 2 rings (SSSR count). The summed E-state index contributed by atoms with van der Waals surface area (Å²) in [6, 6.07) is 7.69. The monoisotopic (exact) mass is 235 g/mol. The molecule has 0 amide bonds. The fraction of sp³-hybridized carbons (Fsp3) is 0.571. The van der Waals surface area contributed by atoms with E-state index in [1.54, 1.807) is 0 Å². The highest BCUT2D eigenvalue weighted by molar-refractivity contribution is 5.29. The van der Waals surface area contributed by atoms with Crippen molar-refractivity contribution in [1.29, 1.82) is 0 Å². The van der Waals surface area contributed by atoms with Crippen LogP contribution < -0.4 is 5.73 Å². The SMILES string of the molecule is NC1(c2ccc(C(O)CO)cc2)CCCCC1. The maximum absolute atomic E-state index is 9.51. The largest absolute Gasteiger partial charge is 0.393 e. The number of rotatable bonds is 3. The lowest BCUT2D eigenvalue weighted by molar-refractivity contribution is 0.0956. The molecule has 1 atom stereocenters. The minimum Gasteiger partial charge on any atom is -0.393 e. The van der Waals surface area contributed by atoms with E-state index in [-0.39, 0.29) is 12.1 Å². The van der Waals surface area contributed by atoms with E-state index in [9.17, 15) is 5.11 Å². The van der Waals surface area contributed by atoms with E-state index >= 15 is 0 Å². The molecule has 3 nitrogen and oxygen atoms in total. The molecule has 94 valence electrons. The van der Waals surface area contributed by atoms with E-state index in [1.807, 2.05) is 24.3 Å². The first-order chi connectivity index (χ1) is 8.15. The Labute approximate surface area is 102 Å². The van der Waals surface area contributed by atoms with Gasteiger partial charge in [0, 0.05) is 5.54 Å². The first kappa shape index (κ1) is 12.6. The standard InChI is InChI=1S/C14H21NO2/c15-14(8-2-1-3-9-14)12-6-4-11(5-7-12)13(17)10-16/h4-7,13,16-17H,1-3,8-10,15H2. The van der Waals surface area contributed by atoms with Gasteiger partial charge in [-0.05, 0) is 24.0 Å². The average Bonchev–Trinajstić information content (AvgIpc) is 2.39. The Kier molecular flexibility index (Phi) is 3.82. The molecule has 1 aliphatic carbocycles. The molecule has 1 unspecified atom stereocenters. The van der Waals surface area contributed by atoms with Gasteiger partial charge in [-0.2, -0.15) is 0 Å². The van der Waals surface area contributed by atoms with Gasteiger partial charge in [-0.15, -0.1) is 0 Å². The molecule has 0 saturated heterocycles. The molecule has 1 aromatic carbocycles. The topological polar surface area (TPSA) is 66.5 Å². The van der Waals surface area contributed by atoms with Crippen LogP contribution in [0.4, 0.5) is 0 Å². The smallest absolute Gasteiger partial charge is 0.102 e. The quantitative estimate of drug-likeness (QED) is 0.748. The first-order valence-corrected chi connectivity index (χ1v) is 6.34. The van der Waals surface area contributed by atoms with Gasteiger partial charge in [0.05, 0.1) is 6.61 Å².